The second kappa shape index (κ2) is 7.87. The van der Waals surface area contributed by atoms with E-state index in [1.165, 1.54) is 0 Å². The SMILES string of the molecule is CCOc1ccnc(N2CCC[C@@H](OCc3cccnc3)C2)n1. The highest BCUT2D eigenvalue weighted by Crippen LogP contribution is 2.20. The quantitative estimate of drug-likeness (QED) is 0.816. The number of anilines is 1. The van der Waals surface area contributed by atoms with E-state index in [0.29, 0.717) is 25.0 Å². The highest BCUT2D eigenvalue weighted by atomic mass is 16.5. The standard InChI is InChI=1S/C17H22N4O2/c1-2-22-16-7-9-19-17(20-16)21-10-4-6-15(12-21)23-13-14-5-3-8-18-11-14/h3,5,7-9,11,15H,2,4,6,10,12-13H2,1H3/t15-/m1/s1. The highest BCUT2D eigenvalue weighted by molar-refractivity contribution is 5.32. The first-order valence-corrected chi connectivity index (χ1v) is 8.06. The topological polar surface area (TPSA) is 60.4 Å². The van der Waals surface area contributed by atoms with Crippen molar-refractivity contribution in [3.63, 3.8) is 0 Å². The molecule has 1 atom stereocenters. The smallest absolute Gasteiger partial charge is 0.228 e. The monoisotopic (exact) mass is 314 g/mol. The molecule has 3 rings (SSSR count). The molecule has 2 aromatic heterocycles. The minimum absolute atomic E-state index is 0.184. The van der Waals surface area contributed by atoms with Gasteiger partial charge in [-0.2, -0.15) is 4.98 Å². The number of ether oxygens (including phenoxy) is 2. The van der Waals surface area contributed by atoms with Crippen LogP contribution in [0.3, 0.4) is 0 Å². The van der Waals surface area contributed by atoms with Crippen molar-refractivity contribution >= 4 is 5.95 Å². The fraction of sp³-hybridized carbons (Fsp3) is 0.471. The molecular weight excluding hydrogens is 292 g/mol. The fourth-order valence-corrected chi connectivity index (χ4v) is 2.67. The summed E-state index contributed by atoms with van der Waals surface area (Å²) in [5.74, 6) is 1.33. The summed E-state index contributed by atoms with van der Waals surface area (Å²) in [6.07, 6.45) is 7.67. The number of pyridine rings is 1. The molecule has 1 aliphatic rings. The van der Waals surface area contributed by atoms with Crippen LogP contribution in [0, 0.1) is 0 Å². The molecule has 6 heteroatoms. The van der Waals surface area contributed by atoms with Crippen LogP contribution in [0.5, 0.6) is 5.88 Å². The molecule has 0 saturated carbocycles. The number of hydrogen-bond donors (Lipinski definition) is 0. The summed E-state index contributed by atoms with van der Waals surface area (Å²) >= 11 is 0. The lowest BCUT2D eigenvalue weighted by Crippen LogP contribution is -2.40. The molecular formula is C17H22N4O2. The van der Waals surface area contributed by atoms with Crippen molar-refractivity contribution < 1.29 is 9.47 Å². The molecule has 0 unspecified atom stereocenters. The van der Waals surface area contributed by atoms with E-state index in [1.54, 1.807) is 18.5 Å². The van der Waals surface area contributed by atoms with Gasteiger partial charge in [-0.25, -0.2) is 4.98 Å². The van der Waals surface area contributed by atoms with Crippen LogP contribution in [0.15, 0.2) is 36.8 Å². The summed E-state index contributed by atoms with van der Waals surface area (Å²) in [6.45, 7) is 4.89. The largest absolute Gasteiger partial charge is 0.478 e. The predicted octanol–water partition coefficient (Wildman–Crippen LogP) is 2.46. The molecule has 2 aromatic rings. The summed E-state index contributed by atoms with van der Waals surface area (Å²) in [5.41, 5.74) is 1.10. The second-order valence-electron chi connectivity index (χ2n) is 5.51. The third kappa shape index (κ3) is 4.39. The van der Waals surface area contributed by atoms with Crippen molar-refractivity contribution in [1.29, 1.82) is 0 Å². The van der Waals surface area contributed by atoms with Gasteiger partial charge in [0.05, 0.1) is 19.3 Å². The van der Waals surface area contributed by atoms with Crippen LogP contribution < -0.4 is 9.64 Å². The first-order valence-electron chi connectivity index (χ1n) is 8.06. The fourth-order valence-electron chi connectivity index (χ4n) is 2.67. The van der Waals surface area contributed by atoms with E-state index in [0.717, 1.165) is 31.5 Å². The second-order valence-corrected chi connectivity index (χ2v) is 5.51. The molecule has 0 spiro atoms. The van der Waals surface area contributed by atoms with Gasteiger partial charge in [-0.1, -0.05) is 6.07 Å². The molecule has 1 saturated heterocycles. The van der Waals surface area contributed by atoms with Gasteiger partial charge in [0.1, 0.15) is 0 Å². The zero-order chi connectivity index (χ0) is 15.9. The Hall–Kier alpha value is -2.21. The molecule has 23 heavy (non-hydrogen) atoms. The minimum atomic E-state index is 0.184. The van der Waals surface area contributed by atoms with Crippen LogP contribution in [0.25, 0.3) is 0 Å². The third-order valence-electron chi connectivity index (χ3n) is 3.78. The Balaban J connectivity index is 1.58. The number of rotatable bonds is 6. The average Bonchev–Trinajstić information content (AvgIpc) is 2.62. The third-order valence-corrected chi connectivity index (χ3v) is 3.78. The van der Waals surface area contributed by atoms with Gasteiger partial charge in [0.25, 0.3) is 0 Å². The summed E-state index contributed by atoms with van der Waals surface area (Å²) in [6, 6.07) is 5.74. The molecule has 122 valence electrons. The molecule has 0 bridgehead atoms. The Morgan fingerprint density at radius 3 is 3.09 bits per heavy atom. The van der Waals surface area contributed by atoms with Gasteiger partial charge in [-0.05, 0) is 31.4 Å². The van der Waals surface area contributed by atoms with E-state index >= 15 is 0 Å². The van der Waals surface area contributed by atoms with Crippen molar-refractivity contribution in [2.75, 3.05) is 24.6 Å². The van der Waals surface area contributed by atoms with E-state index in [-0.39, 0.29) is 6.10 Å². The maximum absolute atomic E-state index is 6.03. The van der Waals surface area contributed by atoms with E-state index in [4.69, 9.17) is 9.47 Å². The van der Waals surface area contributed by atoms with Crippen LogP contribution in [-0.2, 0) is 11.3 Å². The first-order chi connectivity index (χ1) is 11.3. The van der Waals surface area contributed by atoms with Gasteiger partial charge in [0, 0.05) is 37.7 Å². The van der Waals surface area contributed by atoms with E-state index in [2.05, 4.69) is 19.9 Å². The predicted molar refractivity (Wildman–Crippen MR) is 87.5 cm³/mol. The van der Waals surface area contributed by atoms with Gasteiger partial charge in [-0.3, -0.25) is 4.98 Å². The molecule has 0 amide bonds. The lowest BCUT2D eigenvalue weighted by atomic mass is 10.1. The van der Waals surface area contributed by atoms with E-state index in [1.807, 2.05) is 25.3 Å². The number of aromatic nitrogens is 3. The van der Waals surface area contributed by atoms with Crippen LogP contribution in [0.4, 0.5) is 5.95 Å². The van der Waals surface area contributed by atoms with E-state index < -0.39 is 0 Å². The van der Waals surface area contributed by atoms with Crippen LogP contribution >= 0.6 is 0 Å². The number of piperidine rings is 1. The van der Waals surface area contributed by atoms with E-state index in [9.17, 15) is 0 Å². The molecule has 0 aliphatic carbocycles. The summed E-state index contributed by atoms with van der Waals surface area (Å²) in [5, 5.41) is 0. The van der Waals surface area contributed by atoms with Crippen LogP contribution in [-0.4, -0.2) is 40.8 Å². The zero-order valence-corrected chi connectivity index (χ0v) is 13.4. The summed E-state index contributed by atoms with van der Waals surface area (Å²) in [7, 11) is 0. The lowest BCUT2D eigenvalue weighted by Gasteiger charge is -2.32. The molecule has 6 nitrogen and oxygen atoms in total. The molecule has 1 fully saturated rings. The molecule has 0 radical (unpaired) electrons. The van der Waals surface area contributed by atoms with Crippen molar-refractivity contribution in [2.24, 2.45) is 0 Å². The first kappa shape index (κ1) is 15.7. The lowest BCUT2D eigenvalue weighted by molar-refractivity contribution is 0.0311. The molecule has 0 aromatic carbocycles. The maximum atomic E-state index is 6.03. The Morgan fingerprint density at radius 1 is 1.30 bits per heavy atom. The minimum Gasteiger partial charge on any atom is -0.478 e. The van der Waals surface area contributed by atoms with Crippen LogP contribution in [0.2, 0.25) is 0 Å². The normalized spacial score (nSPS) is 18.0. The van der Waals surface area contributed by atoms with Gasteiger partial charge in [0.2, 0.25) is 11.8 Å². The van der Waals surface area contributed by atoms with Crippen molar-refractivity contribution in [1.82, 2.24) is 15.0 Å². The van der Waals surface area contributed by atoms with Crippen molar-refractivity contribution in [3.05, 3.63) is 42.4 Å². The molecule has 3 heterocycles. The Kier molecular flexibility index (Phi) is 5.37. The maximum Gasteiger partial charge on any atom is 0.228 e. The Labute approximate surface area is 136 Å². The van der Waals surface area contributed by atoms with Gasteiger partial charge in [-0.15, -0.1) is 0 Å². The Morgan fingerprint density at radius 2 is 2.26 bits per heavy atom. The summed E-state index contributed by atoms with van der Waals surface area (Å²) < 4.78 is 11.5. The van der Waals surface area contributed by atoms with Crippen molar-refractivity contribution in [3.8, 4) is 5.88 Å². The van der Waals surface area contributed by atoms with Gasteiger partial charge in [0.15, 0.2) is 0 Å². The number of nitrogens with zero attached hydrogens (tertiary/aromatic N) is 4. The molecule has 1 aliphatic heterocycles. The molecule has 0 N–H and O–H groups in total. The zero-order valence-electron chi connectivity index (χ0n) is 13.4. The van der Waals surface area contributed by atoms with Crippen molar-refractivity contribution in [2.45, 2.75) is 32.5 Å². The van der Waals surface area contributed by atoms with Crippen LogP contribution in [0.1, 0.15) is 25.3 Å². The number of hydrogen-bond acceptors (Lipinski definition) is 6. The highest BCUT2D eigenvalue weighted by Gasteiger charge is 2.22. The average molecular weight is 314 g/mol. The summed E-state index contributed by atoms with van der Waals surface area (Å²) in [4.78, 5) is 15.1. The Bertz CT molecular complexity index is 609. The van der Waals surface area contributed by atoms with Gasteiger partial charge >= 0.3 is 0 Å². The van der Waals surface area contributed by atoms with Gasteiger partial charge < -0.3 is 14.4 Å².